The lowest BCUT2D eigenvalue weighted by Crippen LogP contribution is -2.36. The van der Waals surface area contributed by atoms with Crippen molar-refractivity contribution in [1.82, 2.24) is 14.9 Å². The molecule has 2 amide bonds. The summed E-state index contributed by atoms with van der Waals surface area (Å²) in [5, 5.41) is 2.66. The van der Waals surface area contributed by atoms with Crippen LogP contribution < -0.4 is 5.32 Å². The zero-order valence-electron chi connectivity index (χ0n) is 81.3. The van der Waals surface area contributed by atoms with Gasteiger partial charge in [-0.25, -0.2) is 16.8 Å². The molecule has 758 valence electrons. The van der Waals surface area contributed by atoms with E-state index in [2.05, 4.69) is 15.3 Å². The fourth-order valence-electron chi connectivity index (χ4n) is 8.54. The monoisotopic (exact) mass is 1880 g/mol. The van der Waals surface area contributed by atoms with Crippen molar-refractivity contribution >= 4 is 107 Å². The quantitative estimate of drug-likeness (QED) is 0.0751. The molecule has 0 radical (unpaired) electrons. The van der Waals surface area contributed by atoms with Gasteiger partial charge in [0.2, 0.25) is 11.8 Å². The van der Waals surface area contributed by atoms with E-state index in [1.54, 1.807) is 124 Å². The number of benzene rings is 3. The van der Waals surface area contributed by atoms with Crippen LogP contribution in [0.15, 0.2) is 114 Å². The van der Waals surface area contributed by atoms with Crippen molar-refractivity contribution in [1.29, 1.82) is 0 Å². The molecule has 0 fully saturated rings. The van der Waals surface area contributed by atoms with Gasteiger partial charge in [-0.15, -0.1) is 0 Å². The maximum atomic E-state index is 11.9. The highest BCUT2D eigenvalue weighted by molar-refractivity contribution is 7.92. The summed E-state index contributed by atoms with van der Waals surface area (Å²) in [5.74, 6) is 0.433. The van der Waals surface area contributed by atoms with Gasteiger partial charge in [-0.05, 0) is 123 Å². The summed E-state index contributed by atoms with van der Waals surface area (Å²) in [6.45, 7) is 71.2. The van der Waals surface area contributed by atoms with Crippen LogP contribution in [-0.4, -0.2) is 144 Å². The fraction of sp³-hybridized carbons (Fsp3) is 0.607. The molecule has 2 aromatic heterocycles. The number of hydrogen-bond donors (Lipinski definition) is 1. The number of carbonyl (C=O) groups is 14. The summed E-state index contributed by atoms with van der Waals surface area (Å²) >= 11 is 0. The number of aromatic nitrogens is 2. The minimum absolute atomic E-state index is 0. The number of amides is 2. The zero-order valence-corrected chi connectivity index (χ0v) is 83.0. The lowest BCUT2D eigenvalue weighted by molar-refractivity contribution is -0.138. The van der Waals surface area contributed by atoms with E-state index in [-0.39, 0.29) is 194 Å². The number of rotatable bonds is 15. The minimum Gasteiger partial charge on any atom is -0.346 e. The first-order valence-corrected chi connectivity index (χ1v) is 44.1. The van der Waals surface area contributed by atoms with Gasteiger partial charge in [-0.1, -0.05) is 305 Å². The molecular weight excluding hydrogens is 1690 g/mol. The van der Waals surface area contributed by atoms with Crippen LogP contribution in [0.5, 0.6) is 0 Å². The molecule has 2 heterocycles. The number of carbonyl (C=O) groups excluding carboxylic acids is 14. The van der Waals surface area contributed by atoms with Crippen LogP contribution in [0, 0.1) is 61.1 Å². The van der Waals surface area contributed by atoms with Gasteiger partial charge in [0.05, 0.1) is 15.6 Å². The Morgan fingerprint density at radius 2 is 0.618 bits per heavy atom. The van der Waals surface area contributed by atoms with Gasteiger partial charge in [0.25, 0.3) is 0 Å². The van der Waals surface area contributed by atoms with Crippen LogP contribution in [0.1, 0.15) is 427 Å². The highest BCUT2D eigenvalue weighted by Gasteiger charge is 2.31. The molecule has 5 aromatic rings. The van der Waals surface area contributed by atoms with E-state index in [0.29, 0.717) is 56.2 Å². The van der Waals surface area contributed by atoms with E-state index < -0.39 is 46.6 Å². The first kappa shape index (κ1) is 156. The van der Waals surface area contributed by atoms with Crippen LogP contribution >= 0.6 is 0 Å². The number of nitrogens with one attached hydrogen (secondary N) is 1. The summed E-state index contributed by atoms with van der Waals surface area (Å²) in [4.78, 5) is 168. The molecule has 5 rings (SSSR count). The summed E-state index contributed by atoms with van der Waals surface area (Å²) in [6, 6.07) is 26.3. The van der Waals surface area contributed by atoms with Crippen molar-refractivity contribution in [2.45, 2.75) is 354 Å². The molecule has 1 atom stereocenters. The Hall–Kier alpha value is -9.16. The Labute approximate surface area is 801 Å². The highest BCUT2D eigenvalue weighted by atomic mass is 32.2. The number of anilines is 1. The van der Waals surface area contributed by atoms with Crippen molar-refractivity contribution in [2.75, 3.05) is 31.4 Å². The third-order valence-corrected chi connectivity index (χ3v) is 20.6. The van der Waals surface area contributed by atoms with E-state index in [1.807, 2.05) is 208 Å². The molecule has 0 saturated carbocycles. The number of Topliss-reactive ketones (excluding diaryl/α,β-unsaturated/α-hetero) is 12. The summed E-state index contributed by atoms with van der Waals surface area (Å²) in [6.07, 6.45) is 5.29. The number of hydrogen-bond acceptors (Lipinski definition) is 20. The lowest BCUT2D eigenvalue weighted by atomic mass is 9.82. The average Bonchev–Trinajstić information content (AvgIpc) is 0.825. The topological polar surface area (TPSA) is 348 Å². The second-order valence-electron chi connectivity index (χ2n) is 39.5. The standard InChI is InChI=1S/C13H17NO2.C13H16O2.C12H15NO2.C12H16O3S.C11H13NO2.C9H16O2.C8H17NO.C8H16O.C6H12O.C5H12O2S.10CH4/c1-9(15)14-11-7-5-10(6-8-11)12(16)13(2,3)4;1-9(14)10-5-7-11(8-6-10)12(15)13(2,3)4;1-8(14)9-5-6-10(13-7-9)11(15)12(2,3)4;1-12(2,3)11(13)9-5-7-10(8-6-9)16(4,14)15;1-7(2)11(14)9-4-5-10(8(3)13)12-6-9;1-6(7(2)10)8(11)9(3,4)5;1-6-9(5)7(10)8(2,3)4;1-6(2)7(9)8(3,4)5;1-5(7)6(2,3)4;1-5(2,3)8(4,6)7;;;;;;;;;;/h5-8H,1-4H3,(H,14,15);5-8H,1-4H3;5-7H,1-4H3;5-8H,1-4H3;4-7H,1-3H3;6H,1-5H3;6H2,1-5H3;6H,1-5H3;1-4H3;1-4H3;10*1H4. The second kappa shape index (κ2) is 65.4. The molecule has 0 aliphatic carbocycles. The van der Waals surface area contributed by atoms with Gasteiger partial charge in [-0.2, -0.15) is 0 Å². The molecule has 1 unspecified atom stereocenters. The Morgan fingerprint density at radius 1 is 0.344 bits per heavy atom. The van der Waals surface area contributed by atoms with E-state index in [9.17, 15) is 84.0 Å². The lowest BCUT2D eigenvalue weighted by Gasteiger charge is -2.24. The normalized spacial score (nSPS) is 10.9. The zero-order chi connectivity index (χ0) is 97.2. The Kier molecular flexibility index (Phi) is 77.9. The predicted molar refractivity (Wildman–Crippen MR) is 558 cm³/mol. The average molecular weight is 1880 g/mol. The Bertz CT molecular complexity index is 4430. The van der Waals surface area contributed by atoms with E-state index in [4.69, 9.17) is 0 Å². The van der Waals surface area contributed by atoms with E-state index in [1.165, 1.54) is 65.4 Å². The molecule has 0 bridgehead atoms. The van der Waals surface area contributed by atoms with Gasteiger partial charge in [0.15, 0.2) is 65.9 Å². The van der Waals surface area contributed by atoms with Crippen LogP contribution in [0.2, 0.25) is 0 Å². The fourth-order valence-corrected chi connectivity index (χ4v) is 9.17. The minimum atomic E-state index is -3.19. The third-order valence-electron chi connectivity index (χ3n) is 17.3. The van der Waals surface area contributed by atoms with E-state index in [0.717, 1.165) is 12.8 Å². The molecule has 24 heteroatoms. The second-order valence-corrected chi connectivity index (χ2v) is 44.3. The molecule has 0 aliphatic heterocycles. The molecule has 3 aromatic carbocycles. The SMILES string of the molecule is C.C.C.C.C.C.C.C.C.C.CC(=O)C(C)(C)C.CC(=O)C(C)C(=O)C(C)(C)C.CC(=O)Nc1ccc(C(=O)C(C)(C)C)cc1.CC(=O)c1ccc(C(=O)C(C)(C)C)cc1.CC(=O)c1ccc(C(=O)C(C)(C)C)nc1.CC(=O)c1ccc(C(=O)C(C)C)cn1.CC(C)(C)C(=O)c1ccc(S(C)(=O)=O)cc1.CC(C)(C)S(C)(=O)=O.CC(C)C(=O)C(C)(C)C.CCN(C)C(=O)C(C)(C)C. The summed E-state index contributed by atoms with van der Waals surface area (Å²) in [5.41, 5.74) is 2.53. The smallest absolute Gasteiger partial charge is 0.227 e. The number of nitrogens with zero attached hydrogens (tertiary/aromatic N) is 3. The number of ketones is 12. The largest absolute Gasteiger partial charge is 0.346 e. The third kappa shape index (κ3) is 65.2. The van der Waals surface area contributed by atoms with Crippen LogP contribution in [0.3, 0.4) is 0 Å². The number of sulfone groups is 2. The van der Waals surface area contributed by atoms with Crippen LogP contribution in [-0.2, 0) is 48.4 Å². The summed E-state index contributed by atoms with van der Waals surface area (Å²) < 4.78 is 43.2. The molecular formula is C107H190N4O18S2. The van der Waals surface area contributed by atoms with Gasteiger partial charge < -0.3 is 10.2 Å². The van der Waals surface area contributed by atoms with Crippen LogP contribution in [0.4, 0.5) is 5.69 Å². The molecule has 1 N–H and O–H groups in total. The summed E-state index contributed by atoms with van der Waals surface area (Å²) in [7, 11) is -4.21. The first-order chi connectivity index (χ1) is 53.8. The van der Waals surface area contributed by atoms with Gasteiger partial charge >= 0.3 is 0 Å². The van der Waals surface area contributed by atoms with Crippen molar-refractivity contribution in [3.63, 3.8) is 0 Å². The maximum absolute atomic E-state index is 11.9. The van der Waals surface area contributed by atoms with Crippen LogP contribution in [0.25, 0.3) is 0 Å². The Morgan fingerprint density at radius 3 is 0.802 bits per heavy atom. The molecule has 0 spiro atoms. The number of pyridine rings is 2. The predicted octanol–water partition coefficient (Wildman–Crippen LogP) is 27.4. The van der Waals surface area contributed by atoms with Gasteiger partial charge in [-0.3, -0.25) is 77.1 Å². The molecule has 0 saturated heterocycles. The van der Waals surface area contributed by atoms with Gasteiger partial charge in [0.1, 0.15) is 34.5 Å². The Balaban J connectivity index is -0.0000000879. The van der Waals surface area contributed by atoms with Crippen molar-refractivity contribution in [2.24, 2.45) is 61.1 Å². The molecule has 22 nitrogen and oxygen atoms in total. The highest BCUT2D eigenvalue weighted by Crippen LogP contribution is 2.27. The first-order valence-electron chi connectivity index (χ1n) is 40.3. The van der Waals surface area contributed by atoms with Crippen molar-refractivity contribution < 1.29 is 84.0 Å². The molecule has 0 aliphatic rings. The molecule has 131 heavy (non-hydrogen) atoms. The maximum Gasteiger partial charge on any atom is 0.227 e. The van der Waals surface area contributed by atoms with Gasteiger partial charge in [0, 0.05) is 147 Å². The van der Waals surface area contributed by atoms with E-state index >= 15 is 0 Å². The van der Waals surface area contributed by atoms with Crippen molar-refractivity contribution in [3.8, 4) is 0 Å². The van der Waals surface area contributed by atoms with Crippen molar-refractivity contribution in [3.05, 3.63) is 154 Å².